The lowest BCUT2D eigenvalue weighted by molar-refractivity contribution is -0.150. The van der Waals surface area contributed by atoms with E-state index in [-0.39, 0.29) is 41.5 Å². The van der Waals surface area contributed by atoms with E-state index >= 15 is 0 Å². The third kappa shape index (κ3) is 4.69. The average Bonchev–Trinajstić information content (AvgIpc) is 3.35. The highest BCUT2D eigenvalue weighted by Gasteiger charge is 2.23. The van der Waals surface area contributed by atoms with Crippen molar-refractivity contribution >= 4 is 52.4 Å². The molecule has 30 heavy (non-hydrogen) atoms. The van der Waals surface area contributed by atoms with Gasteiger partial charge in [-0.15, -0.1) is 23.7 Å². The highest BCUT2D eigenvalue weighted by atomic mass is 35.5. The third-order valence-electron chi connectivity index (χ3n) is 4.46. The van der Waals surface area contributed by atoms with Crippen LogP contribution in [0.2, 0.25) is 0 Å². The third-order valence-corrected chi connectivity index (χ3v) is 5.30. The number of hydrogen-bond acceptors (Lipinski definition) is 8. The lowest BCUT2D eigenvalue weighted by Crippen LogP contribution is -2.37. The fraction of sp³-hybridized carbons (Fsp3) is 0.300. The van der Waals surface area contributed by atoms with Crippen LogP contribution in [0.3, 0.4) is 0 Å². The number of rotatable bonds is 7. The smallest absolute Gasteiger partial charge is 0.357 e. The number of esters is 2. The first kappa shape index (κ1) is 23.5. The fourth-order valence-corrected chi connectivity index (χ4v) is 3.47. The number of para-hydroxylation sites is 1. The van der Waals surface area contributed by atoms with Crippen molar-refractivity contribution in [3.8, 4) is 0 Å². The molecule has 1 aromatic carbocycles. The molecule has 0 spiro atoms. The average molecular weight is 452 g/mol. The minimum Gasteiger partial charge on any atom is -0.464 e. The van der Waals surface area contributed by atoms with Crippen molar-refractivity contribution in [2.45, 2.75) is 26.6 Å². The highest BCUT2D eigenvalue weighted by Crippen LogP contribution is 2.25. The molecular formula is C20H22ClN3O5S. The Morgan fingerprint density at radius 3 is 2.60 bits per heavy atom. The van der Waals surface area contributed by atoms with Crippen molar-refractivity contribution in [2.75, 3.05) is 7.11 Å². The zero-order valence-corrected chi connectivity index (χ0v) is 18.3. The molecule has 0 bridgehead atoms. The summed E-state index contributed by atoms with van der Waals surface area (Å²) in [7, 11) is 1.25. The van der Waals surface area contributed by atoms with Gasteiger partial charge in [0.25, 0.3) is 0 Å². The van der Waals surface area contributed by atoms with Gasteiger partial charge in [-0.25, -0.2) is 9.78 Å². The van der Waals surface area contributed by atoms with Gasteiger partial charge in [-0.2, -0.15) is 0 Å². The minimum absolute atomic E-state index is 0. The number of hydrogen-bond donors (Lipinski definition) is 1. The number of ketones is 1. The number of benzene rings is 1. The molecule has 0 saturated carbocycles. The van der Waals surface area contributed by atoms with Crippen molar-refractivity contribution in [1.29, 1.82) is 0 Å². The summed E-state index contributed by atoms with van der Waals surface area (Å²) in [6, 6.07) is 6.55. The largest absolute Gasteiger partial charge is 0.464 e. The van der Waals surface area contributed by atoms with E-state index in [4.69, 9.17) is 10.5 Å². The summed E-state index contributed by atoms with van der Waals surface area (Å²) < 4.78 is 11.6. The Labute approximate surface area is 183 Å². The Bertz CT molecular complexity index is 1080. The van der Waals surface area contributed by atoms with E-state index < -0.39 is 18.0 Å². The maximum atomic E-state index is 13.0. The lowest BCUT2D eigenvalue weighted by Gasteiger charge is -2.15. The number of carbonyl (C=O) groups excluding carboxylic acids is 3. The Hall–Kier alpha value is -2.75. The van der Waals surface area contributed by atoms with Gasteiger partial charge in [-0.05, 0) is 12.0 Å². The van der Waals surface area contributed by atoms with E-state index in [0.717, 1.165) is 16.9 Å². The SMILES string of the molecule is COC(=O)c1csc(C(=O)c2cn(COC(=O)[C@@H](N)C(C)C)c3ccccc23)n1.Cl. The predicted molar refractivity (Wildman–Crippen MR) is 115 cm³/mol. The molecule has 2 heterocycles. The summed E-state index contributed by atoms with van der Waals surface area (Å²) in [6.45, 7) is 3.60. The maximum Gasteiger partial charge on any atom is 0.357 e. The monoisotopic (exact) mass is 451 g/mol. The molecule has 160 valence electrons. The fourth-order valence-electron chi connectivity index (χ4n) is 2.73. The molecule has 0 aliphatic carbocycles. The zero-order chi connectivity index (χ0) is 21.1. The van der Waals surface area contributed by atoms with E-state index in [9.17, 15) is 14.4 Å². The number of halogens is 1. The van der Waals surface area contributed by atoms with Crippen LogP contribution < -0.4 is 5.73 Å². The van der Waals surface area contributed by atoms with Crippen LogP contribution in [-0.2, 0) is 21.0 Å². The molecule has 0 radical (unpaired) electrons. The van der Waals surface area contributed by atoms with E-state index in [1.54, 1.807) is 16.8 Å². The van der Waals surface area contributed by atoms with Crippen LogP contribution in [0.1, 0.15) is 39.7 Å². The van der Waals surface area contributed by atoms with Crippen molar-refractivity contribution < 1.29 is 23.9 Å². The second-order valence-electron chi connectivity index (χ2n) is 6.75. The molecule has 10 heteroatoms. The standard InChI is InChI=1S/C20H21N3O5S.ClH/c1-11(2)16(21)20(26)28-10-23-8-13(12-6-4-5-7-15(12)23)17(24)18-22-14(9-29-18)19(25)27-3;/h4-9,11,16H,10,21H2,1-3H3;1H/t16-;/m0./s1. The zero-order valence-electron chi connectivity index (χ0n) is 16.7. The number of ether oxygens (including phenoxy) is 2. The molecule has 0 saturated heterocycles. The molecule has 8 nitrogen and oxygen atoms in total. The Morgan fingerprint density at radius 2 is 1.93 bits per heavy atom. The predicted octanol–water partition coefficient (Wildman–Crippen LogP) is 3.02. The van der Waals surface area contributed by atoms with E-state index in [2.05, 4.69) is 9.72 Å². The molecule has 3 aromatic rings. The molecule has 0 aliphatic heterocycles. The normalized spacial score (nSPS) is 11.8. The minimum atomic E-state index is -0.718. The van der Waals surface area contributed by atoms with Crippen molar-refractivity contribution in [3.05, 3.63) is 52.1 Å². The number of carbonyl (C=O) groups is 3. The van der Waals surface area contributed by atoms with Gasteiger partial charge >= 0.3 is 11.9 Å². The number of methoxy groups -OCH3 is 1. The van der Waals surface area contributed by atoms with Crippen molar-refractivity contribution in [3.63, 3.8) is 0 Å². The molecule has 0 fully saturated rings. The Kier molecular flexibility index (Phi) is 7.71. The number of fused-ring (bicyclic) bond motifs is 1. The van der Waals surface area contributed by atoms with E-state index in [0.29, 0.717) is 10.9 Å². The molecule has 1 atom stereocenters. The first-order valence-electron chi connectivity index (χ1n) is 8.92. The molecule has 2 N–H and O–H groups in total. The van der Waals surface area contributed by atoms with Crippen LogP contribution in [0.5, 0.6) is 0 Å². The van der Waals surface area contributed by atoms with Gasteiger partial charge < -0.3 is 19.8 Å². The summed E-state index contributed by atoms with van der Waals surface area (Å²) >= 11 is 1.07. The Morgan fingerprint density at radius 1 is 1.23 bits per heavy atom. The molecule has 0 amide bonds. The van der Waals surface area contributed by atoms with Crippen LogP contribution in [0.25, 0.3) is 10.9 Å². The highest BCUT2D eigenvalue weighted by molar-refractivity contribution is 7.12. The van der Waals surface area contributed by atoms with Crippen molar-refractivity contribution in [2.24, 2.45) is 11.7 Å². The van der Waals surface area contributed by atoms with Gasteiger partial charge in [0, 0.05) is 17.0 Å². The molecule has 0 unspecified atom stereocenters. The van der Waals surface area contributed by atoms with Gasteiger partial charge in [0.2, 0.25) is 5.78 Å². The first-order chi connectivity index (χ1) is 13.8. The van der Waals surface area contributed by atoms with Gasteiger partial charge in [0.1, 0.15) is 6.04 Å². The number of nitrogens with two attached hydrogens (primary N) is 1. The second-order valence-corrected chi connectivity index (χ2v) is 7.61. The maximum absolute atomic E-state index is 13.0. The van der Waals surface area contributed by atoms with E-state index in [1.165, 1.54) is 12.5 Å². The molecule has 3 rings (SSSR count). The number of thiazole rings is 1. The van der Waals surface area contributed by atoms with Crippen molar-refractivity contribution in [1.82, 2.24) is 9.55 Å². The number of aromatic nitrogens is 2. The topological polar surface area (TPSA) is 114 Å². The molecular weight excluding hydrogens is 430 g/mol. The summed E-state index contributed by atoms with van der Waals surface area (Å²) in [4.78, 5) is 40.7. The summed E-state index contributed by atoms with van der Waals surface area (Å²) in [5.41, 5.74) is 7.03. The lowest BCUT2D eigenvalue weighted by atomic mass is 10.1. The van der Waals surface area contributed by atoms with Crippen LogP contribution in [0, 0.1) is 5.92 Å². The van der Waals surface area contributed by atoms with Gasteiger partial charge in [-0.1, -0.05) is 32.0 Å². The van der Waals surface area contributed by atoms with E-state index in [1.807, 2.05) is 32.0 Å². The van der Waals surface area contributed by atoms with Gasteiger partial charge in [-0.3, -0.25) is 9.59 Å². The Balaban J connectivity index is 0.00000320. The van der Waals surface area contributed by atoms with Crippen LogP contribution >= 0.6 is 23.7 Å². The van der Waals surface area contributed by atoms with Crippen LogP contribution in [0.15, 0.2) is 35.8 Å². The van der Waals surface area contributed by atoms with Crippen LogP contribution in [0.4, 0.5) is 0 Å². The molecule has 2 aromatic heterocycles. The summed E-state index contributed by atoms with van der Waals surface area (Å²) in [6.07, 6.45) is 1.61. The molecule has 0 aliphatic rings. The quantitative estimate of drug-likeness (QED) is 0.433. The van der Waals surface area contributed by atoms with Gasteiger partial charge in [0.15, 0.2) is 17.4 Å². The summed E-state index contributed by atoms with van der Waals surface area (Å²) in [5.74, 6) is -1.48. The van der Waals surface area contributed by atoms with Gasteiger partial charge in [0.05, 0.1) is 18.2 Å². The summed E-state index contributed by atoms with van der Waals surface area (Å²) in [5, 5.41) is 2.34. The second kappa shape index (κ2) is 9.84. The first-order valence-corrected chi connectivity index (χ1v) is 9.80. The number of nitrogens with zero attached hydrogens (tertiary/aromatic N) is 2. The van der Waals surface area contributed by atoms with Crippen LogP contribution in [-0.4, -0.2) is 40.4 Å².